The minimum absolute atomic E-state index is 0.104. The number of hydrogen-bond donors (Lipinski definition) is 2. The molecule has 2 fully saturated rings. The van der Waals surface area contributed by atoms with E-state index in [9.17, 15) is 18.3 Å². The van der Waals surface area contributed by atoms with Crippen LogP contribution in [-0.2, 0) is 15.0 Å². The van der Waals surface area contributed by atoms with Crippen molar-refractivity contribution in [2.75, 3.05) is 17.5 Å². The summed E-state index contributed by atoms with van der Waals surface area (Å²) in [6.07, 6.45) is 3.28. The summed E-state index contributed by atoms with van der Waals surface area (Å²) in [5.41, 5.74) is -0.214. The van der Waals surface area contributed by atoms with E-state index in [4.69, 9.17) is 4.74 Å². The van der Waals surface area contributed by atoms with E-state index in [-0.39, 0.29) is 5.39 Å². The van der Waals surface area contributed by atoms with Crippen molar-refractivity contribution in [2.45, 2.75) is 26.2 Å². The molecule has 0 radical (unpaired) electrons. The van der Waals surface area contributed by atoms with E-state index >= 15 is 4.39 Å². The van der Waals surface area contributed by atoms with Crippen molar-refractivity contribution in [3.63, 3.8) is 0 Å². The molecule has 2 aromatic rings. The summed E-state index contributed by atoms with van der Waals surface area (Å²) in [5.74, 6) is -1.82. The summed E-state index contributed by atoms with van der Waals surface area (Å²) in [4.78, 5) is 11.4. The van der Waals surface area contributed by atoms with Gasteiger partial charge in [-0.1, -0.05) is 13.0 Å². The summed E-state index contributed by atoms with van der Waals surface area (Å²) < 4.78 is 47.1. The first kappa shape index (κ1) is 17.8. The minimum atomic E-state index is -4.23. The van der Waals surface area contributed by atoms with Gasteiger partial charge in [-0.15, -0.1) is 0 Å². The van der Waals surface area contributed by atoms with Crippen LogP contribution in [0.5, 0.6) is 11.5 Å². The standard InChI is InChI=1S/C18H19FN2O5S/c1-18(4-5-18)6-7-26-12-3-2-11-8-14(22)17(16(19)13(11)9-12)21-10-15(23)20-27(21,24)25/h2-3,8-9,22H,4-7,10H2,1H3,(H,20,23). The fourth-order valence-corrected chi connectivity index (χ4v) is 4.32. The molecule has 144 valence electrons. The fraction of sp³-hybridized carbons (Fsp3) is 0.389. The Balaban J connectivity index is 1.69. The largest absolute Gasteiger partial charge is 0.506 e. The average molecular weight is 394 g/mol. The second-order valence-corrected chi connectivity index (χ2v) is 8.98. The van der Waals surface area contributed by atoms with Gasteiger partial charge in [-0.2, -0.15) is 8.42 Å². The molecule has 4 rings (SSSR count). The molecular weight excluding hydrogens is 375 g/mol. The molecule has 7 nitrogen and oxygen atoms in total. The summed E-state index contributed by atoms with van der Waals surface area (Å²) in [6, 6.07) is 6.01. The van der Waals surface area contributed by atoms with E-state index in [2.05, 4.69) is 6.92 Å². The molecule has 1 amide bonds. The molecular formula is C18H19FN2O5S. The Kier molecular flexibility index (Phi) is 3.95. The van der Waals surface area contributed by atoms with Gasteiger partial charge in [-0.25, -0.2) is 13.4 Å². The van der Waals surface area contributed by atoms with Gasteiger partial charge in [0.25, 0.3) is 5.91 Å². The number of nitrogens with zero attached hydrogens (tertiary/aromatic N) is 1. The predicted molar refractivity (Wildman–Crippen MR) is 97.4 cm³/mol. The minimum Gasteiger partial charge on any atom is -0.506 e. The highest BCUT2D eigenvalue weighted by molar-refractivity contribution is 7.92. The van der Waals surface area contributed by atoms with Gasteiger partial charge in [0.1, 0.15) is 23.7 Å². The maximum Gasteiger partial charge on any atom is 0.326 e. The lowest BCUT2D eigenvalue weighted by molar-refractivity contribution is -0.117. The lowest BCUT2D eigenvalue weighted by Crippen LogP contribution is -2.30. The maximum atomic E-state index is 15.1. The van der Waals surface area contributed by atoms with Crippen LogP contribution in [0, 0.1) is 11.2 Å². The highest BCUT2D eigenvalue weighted by Crippen LogP contribution is 2.48. The van der Waals surface area contributed by atoms with Crippen LogP contribution in [0.15, 0.2) is 24.3 Å². The van der Waals surface area contributed by atoms with Gasteiger partial charge in [-0.05, 0) is 48.3 Å². The van der Waals surface area contributed by atoms with Crippen molar-refractivity contribution in [1.29, 1.82) is 0 Å². The zero-order valence-electron chi connectivity index (χ0n) is 14.7. The number of carbonyl (C=O) groups excluding carboxylic acids is 1. The quantitative estimate of drug-likeness (QED) is 0.812. The van der Waals surface area contributed by atoms with Crippen LogP contribution in [0.2, 0.25) is 0 Å². The number of fused-ring (bicyclic) bond motifs is 1. The van der Waals surface area contributed by atoms with Crippen LogP contribution in [0.3, 0.4) is 0 Å². The Hall–Kier alpha value is -2.55. The summed E-state index contributed by atoms with van der Waals surface area (Å²) in [5, 5.41) is 10.7. The number of rotatable bonds is 5. The number of ether oxygens (including phenoxy) is 1. The Morgan fingerprint density at radius 2 is 2.07 bits per heavy atom. The van der Waals surface area contributed by atoms with Crippen LogP contribution in [0.1, 0.15) is 26.2 Å². The Morgan fingerprint density at radius 3 is 2.70 bits per heavy atom. The Bertz CT molecular complexity index is 1050. The normalized spacial score (nSPS) is 19.9. The summed E-state index contributed by atoms with van der Waals surface area (Å²) >= 11 is 0. The number of aromatic hydroxyl groups is 1. The second kappa shape index (κ2) is 5.98. The lowest BCUT2D eigenvalue weighted by atomic mass is 10.1. The van der Waals surface area contributed by atoms with Crippen LogP contribution in [0.25, 0.3) is 10.8 Å². The van der Waals surface area contributed by atoms with Crippen LogP contribution in [-0.4, -0.2) is 32.6 Å². The number of amides is 1. The van der Waals surface area contributed by atoms with Crippen molar-refractivity contribution in [1.82, 2.24) is 4.72 Å². The molecule has 2 aliphatic rings. The number of halogens is 1. The van der Waals surface area contributed by atoms with Crippen LogP contribution in [0.4, 0.5) is 10.1 Å². The predicted octanol–water partition coefficient (Wildman–Crippen LogP) is 2.43. The van der Waals surface area contributed by atoms with E-state index in [0.29, 0.717) is 27.5 Å². The molecule has 2 N–H and O–H groups in total. The van der Waals surface area contributed by atoms with Gasteiger partial charge >= 0.3 is 10.2 Å². The Labute approximate surface area is 155 Å². The molecule has 1 aliphatic carbocycles. The molecule has 1 saturated heterocycles. The third-order valence-corrected chi connectivity index (χ3v) is 6.53. The zero-order chi connectivity index (χ0) is 19.4. The van der Waals surface area contributed by atoms with Crippen molar-refractivity contribution >= 4 is 32.6 Å². The smallest absolute Gasteiger partial charge is 0.326 e. The number of hydrogen-bond acceptors (Lipinski definition) is 5. The number of nitrogens with one attached hydrogen (secondary N) is 1. The first-order valence-corrected chi connectivity index (χ1v) is 10.0. The van der Waals surface area contributed by atoms with Gasteiger partial charge in [-0.3, -0.25) is 4.79 Å². The van der Waals surface area contributed by atoms with E-state index in [1.54, 1.807) is 16.9 Å². The van der Waals surface area contributed by atoms with Gasteiger partial charge in [0.15, 0.2) is 5.82 Å². The van der Waals surface area contributed by atoms with E-state index in [1.165, 1.54) is 25.0 Å². The van der Waals surface area contributed by atoms with Gasteiger partial charge in [0, 0.05) is 5.39 Å². The molecule has 1 heterocycles. The zero-order valence-corrected chi connectivity index (χ0v) is 15.5. The third-order valence-electron chi connectivity index (χ3n) is 5.15. The van der Waals surface area contributed by atoms with Gasteiger partial charge < -0.3 is 9.84 Å². The highest BCUT2D eigenvalue weighted by Gasteiger charge is 2.38. The van der Waals surface area contributed by atoms with E-state index in [0.717, 1.165) is 6.42 Å². The van der Waals surface area contributed by atoms with Crippen molar-refractivity contribution < 1.29 is 27.4 Å². The number of phenols is 1. The molecule has 0 aromatic heterocycles. The first-order chi connectivity index (χ1) is 12.7. The second-order valence-electron chi connectivity index (χ2n) is 7.39. The maximum absolute atomic E-state index is 15.1. The molecule has 27 heavy (non-hydrogen) atoms. The SMILES string of the molecule is CC1(CCOc2ccc3cc(O)c(N4CC(=O)NS4(=O)=O)c(F)c3c2)CC1. The van der Waals surface area contributed by atoms with Gasteiger partial charge in [0.05, 0.1) is 6.61 Å². The van der Waals surface area contributed by atoms with Crippen LogP contribution >= 0.6 is 0 Å². The molecule has 0 bridgehead atoms. The monoisotopic (exact) mass is 394 g/mol. The number of carbonyl (C=O) groups is 1. The van der Waals surface area contributed by atoms with Gasteiger partial charge in [0.2, 0.25) is 0 Å². The fourth-order valence-electron chi connectivity index (χ4n) is 3.16. The molecule has 0 atom stereocenters. The summed E-state index contributed by atoms with van der Waals surface area (Å²) in [6.45, 7) is 2.11. The summed E-state index contributed by atoms with van der Waals surface area (Å²) in [7, 11) is -4.23. The molecule has 0 unspecified atom stereocenters. The van der Waals surface area contributed by atoms with E-state index < -0.39 is 39.9 Å². The number of anilines is 1. The van der Waals surface area contributed by atoms with Crippen molar-refractivity contribution in [2.24, 2.45) is 5.41 Å². The Morgan fingerprint density at radius 1 is 1.33 bits per heavy atom. The average Bonchev–Trinajstić information content (AvgIpc) is 3.24. The van der Waals surface area contributed by atoms with E-state index in [1.807, 2.05) is 0 Å². The van der Waals surface area contributed by atoms with Crippen LogP contribution < -0.4 is 13.8 Å². The number of benzene rings is 2. The van der Waals surface area contributed by atoms with Crippen molar-refractivity contribution in [3.8, 4) is 11.5 Å². The topological polar surface area (TPSA) is 95.9 Å². The lowest BCUT2D eigenvalue weighted by Gasteiger charge is -2.18. The molecule has 2 aromatic carbocycles. The molecule has 1 saturated carbocycles. The molecule has 1 aliphatic heterocycles. The molecule has 0 spiro atoms. The molecule has 9 heteroatoms. The first-order valence-electron chi connectivity index (χ1n) is 8.60. The highest BCUT2D eigenvalue weighted by atomic mass is 32.2. The third kappa shape index (κ3) is 3.27. The number of phenolic OH excluding ortho intramolecular Hbond substituents is 1. The van der Waals surface area contributed by atoms with Crippen molar-refractivity contribution in [3.05, 3.63) is 30.1 Å².